The molecule has 0 heterocycles. The van der Waals surface area contributed by atoms with Crippen molar-refractivity contribution in [2.45, 2.75) is 38.0 Å². The molecule has 0 radical (unpaired) electrons. The smallest absolute Gasteiger partial charge is 0.176 e. The molecule has 1 aliphatic rings. The van der Waals surface area contributed by atoms with E-state index in [0.717, 1.165) is 5.56 Å². The molecule has 1 aromatic carbocycles. The van der Waals surface area contributed by atoms with Crippen molar-refractivity contribution in [1.29, 1.82) is 0 Å². The first kappa shape index (κ1) is 11.3. The second-order valence-corrected chi connectivity index (χ2v) is 4.58. The lowest BCUT2D eigenvalue weighted by atomic mass is 9.84. The number of nitrogens with two attached hydrogens (primary N) is 1. The number of rotatable bonds is 3. The normalized spacial score (nSPS) is 17.3. The van der Waals surface area contributed by atoms with Crippen molar-refractivity contribution in [2.24, 2.45) is 5.73 Å². The van der Waals surface area contributed by atoms with E-state index in [1.807, 2.05) is 12.1 Å². The average Bonchev–Trinajstić information content (AvgIpc) is 2.39. The quantitative estimate of drug-likeness (QED) is 0.791. The van der Waals surface area contributed by atoms with Crippen molar-refractivity contribution in [3.63, 3.8) is 0 Å². The summed E-state index contributed by atoms with van der Waals surface area (Å²) in [6, 6.07) is 8.02. The highest BCUT2D eigenvalue weighted by Gasteiger charge is 2.15. The number of ketones is 1. The van der Waals surface area contributed by atoms with Crippen LogP contribution < -0.4 is 5.73 Å². The van der Waals surface area contributed by atoms with Gasteiger partial charge in [-0.05, 0) is 24.3 Å². The second-order valence-electron chi connectivity index (χ2n) is 4.58. The Balaban J connectivity index is 2.09. The molecule has 0 aromatic heterocycles. The van der Waals surface area contributed by atoms with E-state index in [-0.39, 0.29) is 12.3 Å². The van der Waals surface area contributed by atoms with Crippen molar-refractivity contribution in [1.82, 2.24) is 0 Å². The van der Waals surface area contributed by atoms with Crippen LogP contribution in [0.2, 0.25) is 0 Å². The third-order valence-corrected chi connectivity index (χ3v) is 3.49. The van der Waals surface area contributed by atoms with Gasteiger partial charge in [-0.1, -0.05) is 43.5 Å². The lowest BCUT2D eigenvalue weighted by Gasteiger charge is -2.21. The van der Waals surface area contributed by atoms with E-state index in [1.54, 1.807) is 0 Å². The Morgan fingerprint density at radius 3 is 2.31 bits per heavy atom. The number of carbonyl (C=O) groups is 1. The monoisotopic (exact) mass is 217 g/mol. The molecule has 0 bridgehead atoms. The molecule has 1 aromatic rings. The van der Waals surface area contributed by atoms with E-state index in [4.69, 9.17) is 5.73 Å². The molecule has 0 spiro atoms. The minimum Gasteiger partial charge on any atom is -0.324 e. The Morgan fingerprint density at radius 1 is 1.12 bits per heavy atom. The van der Waals surface area contributed by atoms with Gasteiger partial charge >= 0.3 is 0 Å². The average molecular weight is 217 g/mol. The molecule has 1 saturated carbocycles. The van der Waals surface area contributed by atoms with Gasteiger partial charge in [-0.15, -0.1) is 0 Å². The van der Waals surface area contributed by atoms with Crippen molar-refractivity contribution < 1.29 is 4.79 Å². The Kier molecular flexibility index (Phi) is 3.73. The van der Waals surface area contributed by atoms with Gasteiger partial charge in [-0.2, -0.15) is 0 Å². The number of carbonyl (C=O) groups excluding carboxylic acids is 1. The predicted octanol–water partition coefficient (Wildman–Crippen LogP) is 2.88. The molecule has 2 N–H and O–H groups in total. The van der Waals surface area contributed by atoms with Crippen LogP contribution in [-0.2, 0) is 0 Å². The fourth-order valence-electron chi connectivity index (χ4n) is 2.49. The second kappa shape index (κ2) is 5.26. The fraction of sp³-hybridized carbons (Fsp3) is 0.500. The van der Waals surface area contributed by atoms with Crippen molar-refractivity contribution in [3.05, 3.63) is 35.4 Å². The van der Waals surface area contributed by atoms with Crippen molar-refractivity contribution in [3.8, 4) is 0 Å². The van der Waals surface area contributed by atoms with Crippen molar-refractivity contribution in [2.75, 3.05) is 6.54 Å². The van der Waals surface area contributed by atoms with Gasteiger partial charge in [0.2, 0.25) is 0 Å². The summed E-state index contributed by atoms with van der Waals surface area (Å²) >= 11 is 0. The molecule has 16 heavy (non-hydrogen) atoms. The fourth-order valence-corrected chi connectivity index (χ4v) is 2.49. The molecule has 0 atom stereocenters. The standard InChI is InChI=1S/C14H19NO/c15-10-14(16)13-8-6-12(7-9-13)11-4-2-1-3-5-11/h6-9,11H,1-5,10,15H2. The number of Topliss-reactive ketones (excluding diaryl/α,β-unsaturated/α-hetero) is 1. The van der Waals surface area contributed by atoms with Gasteiger partial charge in [0.1, 0.15) is 0 Å². The topological polar surface area (TPSA) is 43.1 Å². The van der Waals surface area contributed by atoms with Gasteiger partial charge in [0.05, 0.1) is 6.54 Å². The minimum absolute atomic E-state index is 0.0233. The summed E-state index contributed by atoms with van der Waals surface area (Å²) in [7, 11) is 0. The van der Waals surface area contributed by atoms with Gasteiger partial charge in [-0.3, -0.25) is 4.79 Å². The largest absolute Gasteiger partial charge is 0.324 e. The van der Waals surface area contributed by atoms with Crippen LogP contribution >= 0.6 is 0 Å². The van der Waals surface area contributed by atoms with E-state index in [0.29, 0.717) is 5.92 Å². The highest BCUT2D eigenvalue weighted by Crippen LogP contribution is 2.32. The zero-order valence-corrected chi connectivity index (χ0v) is 9.61. The molecule has 86 valence electrons. The summed E-state index contributed by atoms with van der Waals surface area (Å²) in [6.07, 6.45) is 6.65. The Bertz CT molecular complexity index is 350. The van der Waals surface area contributed by atoms with Gasteiger partial charge < -0.3 is 5.73 Å². The Labute approximate surface area is 96.8 Å². The first-order chi connectivity index (χ1) is 7.81. The summed E-state index contributed by atoms with van der Waals surface area (Å²) in [4.78, 5) is 11.4. The molecule has 0 unspecified atom stereocenters. The third-order valence-electron chi connectivity index (χ3n) is 3.49. The molecular weight excluding hydrogens is 198 g/mol. The minimum atomic E-state index is 0.0233. The van der Waals surface area contributed by atoms with E-state index in [1.165, 1.54) is 37.7 Å². The molecule has 2 heteroatoms. The molecular formula is C14H19NO. The summed E-state index contributed by atoms with van der Waals surface area (Å²) in [5, 5.41) is 0. The van der Waals surface area contributed by atoms with Crippen molar-refractivity contribution >= 4 is 5.78 Å². The van der Waals surface area contributed by atoms with Crippen LogP contribution in [0.25, 0.3) is 0 Å². The van der Waals surface area contributed by atoms with E-state index in [9.17, 15) is 4.79 Å². The maximum Gasteiger partial charge on any atom is 0.176 e. The van der Waals surface area contributed by atoms with E-state index < -0.39 is 0 Å². The zero-order chi connectivity index (χ0) is 11.4. The number of benzene rings is 1. The summed E-state index contributed by atoms with van der Waals surface area (Å²) in [5.74, 6) is 0.728. The van der Waals surface area contributed by atoms with Crippen LogP contribution in [0.3, 0.4) is 0 Å². The summed E-state index contributed by atoms with van der Waals surface area (Å²) in [6.45, 7) is 0.1000. The molecule has 1 fully saturated rings. The predicted molar refractivity (Wildman–Crippen MR) is 65.7 cm³/mol. The highest BCUT2D eigenvalue weighted by molar-refractivity contribution is 5.97. The lowest BCUT2D eigenvalue weighted by molar-refractivity contribution is 0.100. The SMILES string of the molecule is NCC(=O)c1ccc(C2CCCCC2)cc1. The van der Waals surface area contributed by atoms with Gasteiger partial charge in [0, 0.05) is 5.56 Å². The molecule has 2 nitrogen and oxygen atoms in total. The van der Waals surface area contributed by atoms with E-state index in [2.05, 4.69) is 12.1 Å². The number of hydrogen-bond donors (Lipinski definition) is 1. The molecule has 0 saturated heterocycles. The van der Waals surface area contributed by atoms with Crippen LogP contribution in [-0.4, -0.2) is 12.3 Å². The molecule has 1 aliphatic carbocycles. The maximum atomic E-state index is 11.4. The van der Waals surface area contributed by atoms with Crippen LogP contribution in [0.15, 0.2) is 24.3 Å². The van der Waals surface area contributed by atoms with Gasteiger partial charge in [0.15, 0.2) is 5.78 Å². The van der Waals surface area contributed by atoms with Gasteiger partial charge in [-0.25, -0.2) is 0 Å². The Hall–Kier alpha value is -1.15. The van der Waals surface area contributed by atoms with Crippen LogP contribution in [0.1, 0.15) is 53.9 Å². The van der Waals surface area contributed by atoms with Crippen LogP contribution in [0.5, 0.6) is 0 Å². The van der Waals surface area contributed by atoms with Crippen LogP contribution in [0, 0.1) is 0 Å². The van der Waals surface area contributed by atoms with Gasteiger partial charge in [0.25, 0.3) is 0 Å². The molecule has 0 aliphatic heterocycles. The molecule has 2 rings (SSSR count). The lowest BCUT2D eigenvalue weighted by Crippen LogP contribution is -2.13. The molecule has 0 amide bonds. The zero-order valence-electron chi connectivity index (χ0n) is 9.61. The van der Waals surface area contributed by atoms with Crippen LogP contribution in [0.4, 0.5) is 0 Å². The summed E-state index contributed by atoms with van der Waals surface area (Å²) < 4.78 is 0. The third kappa shape index (κ3) is 2.50. The first-order valence-corrected chi connectivity index (χ1v) is 6.14. The highest BCUT2D eigenvalue weighted by atomic mass is 16.1. The van der Waals surface area contributed by atoms with E-state index >= 15 is 0 Å². The first-order valence-electron chi connectivity index (χ1n) is 6.14. The number of hydrogen-bond acceptors (Lipinski definition) is 2. The summed E-state index contributed by atoms with van der Waals surface area (Å²) in [5.41, 5.74) is 7.46. The Morgan fingerprint density at radius 2 is 1.75 bits per heavy atom. The maximum absolute atomic E-state index is 11.4.